The van der Waals surface area contributed by atoms with Crippen LogP contribution in [0.1, 0.15) is 12.8 Å². The fraction of sp³-hybridized carbons (Fsp3) is 0.684. The maximum atomic E-state index is 11.0. The molecule has 1 aromatic carbocycles. The molecule has 0 aromatic heterocycles. The second-order valence-corrected chi connectivity index (χ2v) is 11.8. The lowest BCUT2D eigenvalue weighted by molar-refractivity contribution is 0.0695. The van der Waals surface area contributed by atoms with Gasteiger partial charge in [-0.25, -0.2) is 0 Å². The highest BCUT2D eigenvalue weighted by Crippen LogP contribution is 2.58. The van der Waals surface area contributed by atoms with Crippen molar-refractivity contribution in [2.75, 3.05) is 52.8 Å². The van der Waals surface area contributed by atoms with Crippen LogP contribution < -0.4 is 21.5 Å². The zero-order valence-corrected chi connectivity index (χ0v) is 22.1. The lowest BCUT2D eigenvalue weighted by Crippen LogP contribution is -2.50. The van der Waals surface area contributed by atoms with Crippen molar-refractivity contribution in [3.8, 4) is 5.75 Å². The second kappa shape index (κ2) is 19.1. The minimum atomic E-state index is -4.91. The first kappa shape index (κ1) is 38.1. The van der Waals surface area contributed by atoms with E-state index in [0.717, 1.165) is 0 Å². The van der Waals surface area contributed by atoms with Crippen LogP contribution in [0.25, 0.3) is 0 Å². The summed E-state index contributed by atoms with van der Waals surface area (Å²) in [4.78, 5) is 35.6. The van der Waals surface area contributed by atoms with E-state index in [1.165, 1.54) is 0 Å². The van der Waals surface area contributed by atoms with Crippen LogP contribution in [-0.2, 0) is 9.13 Å². The Labute approximate surface area is 214 Å². The van der Waals surface area contributed by atoms with E-state index >= 15 is 0 Å². The highest BCUT2D eigenvalue weighted by atomic mass is 31.2. The fourth-order valence-electron chi connectivity index (χ4n) is 1.90. The maximum Gasteiger partial charge on any atom is 0.354 e. The number of rotatable bonds is 15. The van der Waals surface area contributed by atoms with Gasteiger partial charge in [0.1, 0.15) is 5.75 Å². The summed E-state index contributed by atoms with van der Waals surface area (Å²) in [5.74, 6) is 0.716. The number of benzene rings is 1. The van der Waals surface area contributed by atoms with Crippen LogP contribution in [0.2, 0.25) is 0 Å². The van der Waals surface area contributed by atoms with E-state index in [1.54, 1.807) is 12.1 Å². The molecule has 16 nitrogen and oxygen atoms in total. The van der Waals surface area contributed by atoms with Crippen LogP contribution in [0.4, 0.5) is 0 Å². The smallest absolute Gasteiger partial charge is 0.354 e. The summed E-state index contributed by atoms with van der Waals surface area (Å²) in [7, 11) is -9.81. The molecule has 1 aromatic rings. The SMILES string of the molecule is NC(CO)(CO)CO.NC(CO)(CO)CO.O=P(O)(O)C(NCCCCOc1ccccc1)P(=O)(O)O. The molecule has 15 N–H and O–H groups in total. The molecule has 37 heavy (non-hydrogen) atoms. The van der Waals surface area contributed by atoms with Gasteiger partial charge in [-0.15, -0.1) is 0 Å². The molecular weight excluding hydrogens is 540 g/mol. The second-order valence-electron chi connectivity index (χ2n) is 8.05. The van der Waals surface area contributed by atoms with Crippen molar-refractivity contribution in [2.45, 2.75) is 29.4 Å². The van der Waals surface area contributed by atoms with Crippen LogP contribution in [0.15, 0.2) is 30.3 Å². The van der Waals surface area contributed by atoms with Gasteiger partial charge < -0.3 is 66.4 Å². The predicted octanol–water partition coefficient (Wildman–Crippen LogP) is -3.60. The minimum Gasteiger partial charge on any atom is -0.494 e. The van der Waals surface area contributed by atoms with Crippen LogP contribution in [-0.4, -0.2) is 120 Å². The molecule has 0 saturated carbocycles. The minimum absolute atomic E-state index is 0.0685. The van der Waals surface area contributed by atoms with Gasteiger partial charge in [-0.05, 0) is 31.5 Å². The molecule has 1 rings (SSSR count). The van der Waals surface area contributed by atoms with Crippen LogP contribution in [0, 0.1) is 0 Å². The lowest BCUT2D eigenvalue weighted by atomic mass is 10.1. The first-order chi connectivity index (χ1) is 17.1. The number of hydrogen-bond acceptors (Lipinski definition) is 12. The Bertz CT molecular complexity index is 730. The largest absolute Gasteiger partial charge is 0.494 e. The number of nitrogens with one attached hydrogen (secondary N) is 1. The van der Waals surface area contributed by atoms with Gasteiger partial charge in [0, 0.05) is 0 Å². The van der Waals surface area contributed by atoms with Crippen LogP contribution >= 0.6 is 15.2 Å². The topological polar surface area (TPSA) is 310 Å². The van der Waals surface area contributed by atoms with Gasteiger partial charge in [0.25, 0.3) is 0 Å². The Morgan fingerprint density at radius 2 is 1.11 bits per heavy atom. The molecule has 0 radical (unpaired) electrons. The third-order valence-corrected chi connectivity index (χ3v) is 7.88. The number of aliphatic hydroxyl groups is 6. The molecule has 0 amide bonds. The lowest BCUT2D eigenvalue weighted by Gasteiger charge is -2.20. The summed E-state index contributed by atoms with van der Waals surface area (Å²) in [6, 6.07) is 9.13. The molecule has 0 spiro atoms. The summed E-state index contributed by atoms with van der Waals surface area (Å²) in [5.41, 5.74) is 5.72. The van der Waals surface area contributed by atoms with Crippen molar-refractivity contribution in [3.63, 3.8) is 0 Å². The quantitative estimate of drug-likeness (QED) is 0.0702. The highest BCUT2D eigenvalue weighted by Gasteiger charge is 2.42. The molecule has 0 aliphatic rings. The molecule has 18 heteroatoms. The van der Waals surface area contributed by atoms with Crippen molar-refractivity contribution in [1.29, 1.82) is 0 Å². The first-order valence-corrected chi connectivity index (χ1v) is 14.2. The Balaban J connectivity index is 0. The Morgan fingerprint density at radius 1 is 0.730 bits per heavy atom. The average molecular weight is 581 g/mol. The fourth-order valence-corrected chi connectivity index (χ4v) is 4.20. The standard InChI is InChI=1S/C11H19NO7P2.2C4H11NO3/c13-20(14,15)11(21(16,17)18)12-8-4-5-9-19-10-6-2-1-3-7-10;2*5-4(1-6,2-7)3-8/h1-3,6-7,11-12H,4-5,8-9H2,(H2,13,14,15)(H2,16,17,18);2*6-8H,1-3,5H2. The van der Waals surface area contributed by atoms with Crippen molar-refractivity contribution in [2.24, 2.45) is 11.5 Å². The van der Waals surface area contributed by atoms with E-state index < -0.39 is 71.4 Å². The van der Waals surface area contributed by atoms with Gasteiger partial charge in [0.05, 0.1) is 57.3 Å². The third-order valence-electron chi connectivity index (χ3n) is 4.44. The van der Waals surface area contributed by atoms with E-state index in [-0.39, 0.29) is 6.54 Å². The maximum absolute atomic E-state index is 11.0. The number of nitrogens with two attached hydrogens (primary N) is 2. The predicted molar refractivity (Wildman–Crippen MR) is 133 cm³/mol. The first-order valence-electron chi connectivity index (χ1n) is 10.8. The van der Waals surface area contributed by atoms with E-state index in [9.17, 15) is 9.13 Å². The van der Waals surface area contributed by atoms with Gasteiger partial charge >= 0.3 is 15.2 Å². The molecule has 0 fully saturated rings. The van der Waals surface area contributed by atoms with Gasteiger partial charge in [-0.3, -0.25) is 14.4 Å². The molecule has 0 heterocycles. The van der Waals surface area contributed by atoms with Crippen molar-refractivity contribution < 1.29 is 64.1 Å². The summed E-state index contributed by atoms with van der Waals surface area (Å²) < 4.78 is 27.4. The number of hydrogen-bond donors (Lipinski definition) is 13. The molecule has 220 valence electrons. The van der Waals surface area contributed by atoms with Gasteiger partial charge in [-0.1, -0.05) is 18.2 Å². The summed E-state index contributed by atoms with van der Waals surface area (Å²) >= 11 is 0. The van der Waals surface area contributed by atoms with Crippen LogP contribution in [0.5, 0.6) is 5.75 Å². The summed E-state index contributed by atoms with van der Waals surface area (Å²) in [6.45, 7) is -1.94. The molecule has 0 saturated heterocycles. The Hall–Kier alpha value is -1.04. The van der Waals surface area contributed by atoms with Crippen molar-refractivity contribution in [3.05, 3.63) is 30.3 Å². The zero-order valence-electron chi connectivity index (χ0n) is 20.3. The Kier molecular flexibility index (Phi) is 19.7. The van der Waals surface area contributed by atoms with Gasteiger partial charge in [-0.2, -0.15) is 0 Å². The van der Waals surface area contributed by atoms with Crippen LogP contribution in [0.3, 0.4) is 0 Å². The number of aliphatic hydroxyl groups excluding tert-OH is 6. The Morgan fingerprint density at radius 3 is 1.41 bits per heavy atom. The molecule has 0 atom stereocenters. The zero-order chi connectivity index (χ0) is 29.2. The normalized spacial score (nSPS) is 12.4. The average Bonchev–Trinajstić information content (AvgIpc) is 2.87. The van der Waals surface area contributed by atoms with E-state index in [4.69, 9.17) is 66.4 Å². The van der Waals surface area contributed by atoms with E-state index in [2.05, 4.69) is 5.32 Å². The van der Waals surface area contributed by atoms with Gasteiger partial charge in [0.2, 0.25) is 5.52 Å². The molecule has 0 aliphatic heterocycles. The van der Waals surface area contributed by atoms with Crippen molar-refractivity contribution >= 4 is 15.2 Å². The molecule has 0 unspecified atom stereocenters. The van der Waals surface area contributed by atoms with Gasteiger partial charge in [0.15, 0.2) is 0 Å². The van der Waals surface area contributed by atoms with E-state index in [0.29, 0.717) is 25.2 Å². The van der Waals surface area contributed by atoms with Crippen molar-refractivity contribution in [1.82, 2.24) is 5.32 Å². The highest BCUT2D eigenvalue weighted by molar-refractivity contribution is 7.70. The molecule has 0 bridgehead atoms. The third kappa shape index (κ3) is 18.0. The summed E-state index contributed by atoms with van der Waals surface area (Å²) in [5, 5.41) is 52.3. The number of para-hydroxylation sites is 1. The summed E-state index contributed by atoms with van der Waals surface area (Å²) in [6.07, 6.45) is 1.04. The number of ether oxygens (including phenoxy) is 1. The molecular formula is C19H41N3O13P2. The monoisotopic (exact) mass is 581 g/mol. The van der Waals surface area contributed by atoms with E-state index in [1.807, 2.05) is 18.2 Å². The number of unbranched alkanes of at least 4 members (excludes halogenated alkanes) is 1. The molecule has 0 aliphatic carbocycles.